The fourth-order valence-electron chi connectivity index (χ4n) is 4.34. The summed E-state index contributed by atoms with van der Waals surface area (Å²) in [5.74, 6) is -3.36. The molecule has 5 N–H and O–H groups in total. The number of hydrogen-bond donors (Lipinski definition) is 4. The summed E-state index contributed by atoms with van der Waals surface area (Å²) in [6.07, 6.45) is 4.45. The number of carboxylic acid groups (broad SMARTS) is 1. The zero-order valence-corrected chi connectivity index (χ0v) is 20.1. The number of amides is 2. The highest BCUT2D eigenvalue weighted by molar-refractivity contribution is 5.93. The van der Waals surface area contributed by atoms with Crippen molar-refractivity contribution in [2.24, 2.45) is 11.7 Å². The molecule has 3 atom stereocenters. The summed E-state index contributed by atoms with van der Waals surface area (Å²) < 4.78 is 5.30. The number of nitrogens with two attached hydrogens (primary N) is 1. The average molecular weight is 496 g/mol. The summed E-state index contributed by atoms with van der Waals surface area (Å²) in [5, 5.41) is 14.9. The van der Waals surface area contributed by atoms with Gasteiger partial charge in [0.05, 0.1) is 11.6 Å². The van der Waals surface area contributed by atoms with E-state index in [0.29, 0.717) is 12.8 Å². The molecule has 0 saturated heterocycles. The molecule has 0 aliphatic heterocycles. The monoisotopic (exact) mass is 495 g/mol. The molecule has 0 aromatic heterocycles. The Morgan fingerprint density at radius 3 is 2.11 bits per heavy atom. The van der Waals surface area contributed by atoms with Gasteiger partial charge in [0.2, 0.25) is 11.8 Å². The molecule has 0 spiro atoms. The minimum Gasteiger partial charge on any atom is -0.480 e. The van der Waals surface area contributed by atoms with Gasteiger partial charge in [-0.1, -0.05) is 67.8 Å². The second kappa shape index (κ2) is 13.4. The van der Waals surface area contributed by atoms with Crippen molar-refractivity contribution in [3.63, 3.8) is 0 Å². The third-order valence-corrected chi connectivity index (χ3v) is 6.34. The number of ether oxygens (including phenoxy) is 1. The molecule has 192 valence electrons. The van der Waals surface area contributed by atoms with E-state index in [4.69, 9.17) is 10.5 Å². The van der Waals surface area contributed by atoms with Gasteiger partial charge in [-0.2, -0.15) is 0 Å². The first kappa shape index (κ1) is 26.9. The summed E-state index contributed by atoms with van der Waals surface area (Å²) in [4.78, 5) is 50.3. The van der Waals surface area contributed by atoms with Gasteiger partial charge in [-0.3, -0.25) is 9.59 Å². The van der Waals surface area contributed by atoms with Gasteiger partial charge >= 0.3 is 11.9 Å². The lowest BCUT2D eigenvalue weighted by Gasteiger charge is -2.29. The zero-order valence-electron chi connectivity index (χ0n) is 20.1. The van der Waals surface area contributed by atoms with E-state index in [1.54, 1.807) is 30.3 Å². The van der Waals surface area contributed by atoms with E-state index >= 15 is 0 Å². The quantitative estimate of drug-likeness (QED) is 0.349. The first-order valence-corrected chi connectivity index (χ1v) is 12.2. The van der Waals surface area contributed by atoms with E-state index in [9.17, 15) is 24.3 Å². The molecule has 2 aromatic carbocycles. The summed E-state index contributed by atoms with van der Waals surface area (Å²) in [6.45, 7) is -0.472. The van der Waals surface area contributed by atoms with E-state index in [-0.39, 0.29) is 17.9 Å². The summed E-state index contributed by atoms with van der Waals surface area (Å²) in [5.41, 5.74) is 7.20. The van der Waals surface area contributed by atoms with E-state index in [2.05, 4.69) is 10.6 Å². The fraction of sp³-hybridized carbons (Fsp3) is 0.407. The molecule has 2 amide bonds. The Hall–Kier alpha value is -3.72. The van der Waals surface area contributed by atoms with E-state index in [0.717, 1.165) is 24.8 Å². The standard InChI is InChI=1S/C27H33N3O6/c28-21(16-18-10-4-1-5-11-18)24(31)29-22(17-36-27(35)20-14-8-3-9-15-20)25(32)30-23(26(33)34)19-12-6-2-7-13-19/h1,3-5,8-11,14-15,19,21-23H,2,6-7,12-13,16-17,28H2,(H,29,31)(H,30,32)(H,33,34)/t21-,22-,23-/m0/s1. The highest BCUT2D eigenvalue weighted by Crippen LogP contribution is 2.26. The SMILES string of the molecule is N[C@@H](Cc1ccccc1)C(=O)N[C@@H](COC(=O)c1ccccc1)C(=O)N[C@H](C(=O)O)C1CCCCC1. The molecule has 1 saturated carbocycles. The maximum Gasteiger partial charge on any atom is 0.338 e. The van der Waals surface area contributed by atoms with Gasteiger partial charge in [0.25, 0.3) is 0 Å². The summed E-state index contributed by atoms with van der Waals surface area (Å²) in [7, 11) is 0. The molecule has 9 heteroatoms. The normalized spacial score (nSPS) is 16.2. The minimum absolute atomic E-state index is 0.205. The van der Waals surface area contributed by atoms with Crippen LogP contribution in [-0.4, -0.2) is 53.6 Å². The van der Waals surface area contributed by atoms with Crippen LogP contribution in [0, 0.1) is 5.92 Å². The number of rotatable bonds is 11. The number of carbonyl (C=O) groups excluding carboxylic acids is 3. The van der Waals surface area contributed by atoms with Crippen LogP contribution in [0.2, 0.25) is 0 Å². The molecule has 0 bridgehead atoms. The number of esters is 1. The van der Waals surface area contributed by atoms with E-state index in [1.807, 2.05) is 30.3 Å². The Labute approximate surface area is 210 Å². The van der Waals surface area contributed by atoms with Crippen LogP contribution in [-0.2, 0) is 25.5 Å². The number of nitrogens with one attached hydrogen (secondary N) is 2. The fourth-order valence-corrected chi connectivity index (χ4v) is 4.34. The highest BCUT2D eigenvalue weighted by atomic mass is 16.5. The third kappa shape index (κ3) is 7.91. The van der Waals surface area contributed by atoms with Crippen LogP contribution in [0.15, 0.2) is 60.7 Å². The predicted octanol–water partition coefficient (Wildman–Crippen LogP) is 2.05. The molecule has 3 rings (SSSR count). The molecular weight excluding hydrogens is 462 g/mol. The first-order chi connectivity index (χ1) is 17.3. The molecular formula is C27H33N3O6. The molecule has 0 unspecified atom stereocenters. The van der Waals surface area contributed by atoms with Crippen LogP contribution >= 0.6 is 0 Å². The topological polar surface area (TPSA) is 148 Å². The van der Waals surface area contributed by atoms with Gasteiger partial charge in [0.15, 0.2) is 0 Å². The molecule has 1 aliphatic rings. The van der Waals surface area contributed by atoms with Crippen LogP contribution < -0.4 is 16.4 Å². The van der Waals surface area contributed by atoms with Crippen molar-refractivity contribution in [3.05, 3.63) is 71.8 Å². The maximum atomic E-state index is 13.1. The van der Waals surface area contributed by atoms with Crippen LogP contribution in [0.4, 0.5) is 0 Å². The molecule has 36 heavy (non-hydrogen) atoms. The van der Waals surface area contributed by atoms with E-state index in [1.165, 1.54) is 0 Å². The predicted molar refractivity (Wildman–Crippen MR) is 133 cm³/mol. The van der Waals surface area contributed by atoms with Crippen molar-refractivity contribution in [2.75, 3.05) is 6.61 Å². The van der Waals surface area contributed by atoms with Crippen molar-refractivity contribution in [1.29, 1.82) is 0 Å². The lowest BCUT2D eigenvalue weighted by Crippen LogP contribution is -2.57. The third-order valence-electron chi connectivity index (χ3n) is 6.34. The van der Waals surface area contributed by atoms with Crippen molar-refractivity contribution in [3.8, 4) is 0 Å². The van der Waals surface area contributed by atoms with Gasteiger partial charge < -0.3 is 26.2 Å². The lowest BCUT2D eigenvalue weighted by atomic mass is 9.84. The van der Waals surface area contributed by atoms with Crippen LogP contribution in [0.25, 0.3) is 0 Å². The molecule has 1 fully saturated rings. The van der Waals surface area contributed by atoms with Crippen LogP contribution in [0.1, 0.15) is 48.0 Å². The number of hydrogen-bond acceptors (Lipinski definition) is 6. The van der Waals surface area contributed by atoms with Crippen LogP contribution in [0.3, 0.4) is 0 Å². The average Bonchev–Trinajstić information content (AvgIpc) is 2.90. The minimum atomic E-state index is -1.31. The molecule has 9 nitrogen and oxygen atoms in total. The van der Waals surface area contributed by atoms with Gasteiger partial charge in [-0.25, -0.2) is 9.59 Å². The highest BCUT2D eigenvalue weighted by Gasteiger charge is 2.34. The van der Waals surface area contributed by atoms with Gasteiger partial charge in [-0.15, -0.1) is 0 Å². The Kier molecular flexibility index (Phi) is 10.00. The second-order valence-electron chi connectivity index (χ2n) is 9.04. The first-order valence-electron chi connectivity index (χ1n) is 12.2. The van der Waals surface area contributed by atoms with E-state index < -0.39 is 48.5 Å². The van der Waals surface area contributed by atoms with Crippen molar-refractivity contribution >= 4 is 23.8 Å². The Morgan fingerprint density at radius 2 is 1.50 bits per heavy atom. The lowest BCUT2D eigenvalue weighted by molar-refractivity contribution is -0.144. The molecule has 1 aliphatic carbocycles. The molecule has 0 radical (unpaired) electrons. The number of benzene rings is 2. The summed E-state index contributed by atoms with van der Waals surface area (Å²) in [6, 6.07) is 14.0. The second-order valence-corrected chi connectivity index (χ2v) is 9.04. The number of carboxylic acids is 1. The van der Waals surface area contributed by atoms with Crippen molar-refractivity contribution in [1.82, 2.24) is 10.6 Å². The van der Waals surface area contributed by atoms with Crippen LogP contribution in [0.5, 0.6) is 0 Å². The molecule has 2 aromatic rings. The largest absolute Gasteiger partial charge is 0.480 e. The number of aliphatic carboxylic acids is 1. The molecule has 0 heterocycles. The number of carbonyl (C=O) groups is 4. The van der Waals surface area contributed by atoms with Gasteiger partial charge in [0.1, 0.15) is 18.7 Å². The van der Waals surface area contributed by atoms with Gasteiger partial charge in [-0.05, 0) is 42.9 Å². The Morgan fingerprint density at radius 1 is 0.889 bits per heavy atom. The van der Waals surface area contributed by atoms with Gasteiger partial charge in [0, 0.05) is 0 Å². The zero-order chi connectivity index (χ0) is 25.9. The maximum absolute atomic E-state index is 13.1. The Balaban J connectivity index is 1.70. The smallest absolute Gasteiger partial charge is 0.338 e. The van der Waals surface area contributed by atoms with Crippen molar-refractivity contribution < 1.29 is 29.0 Å². The summed E-state index contributed by atoms with van der Waals surface area (Å²) >= 11 is 0. The Bertz CT molecular complexity index is 1020. The van der Waals surface area contributed by atoms with Crippen molar-refractivity contribution in [2.45, 2.75) is 56.7 Å².